The van der Waals surface area contributed by atoms with Gasteiger partial charge in [-0.05, 0) is 18.7 Å². The number of likely N-dealkylation sites (tertiary alicyclic amines) is 1. The molecule has 2 aliphatic heterocycles. The molecule has 1 amide bonds. The SMILES string of the molecule is CNCc1cnnn1CC(=O)N1CC(Oc2ccc3c(c2C(=O)O)C[B-](O)(O)CC3)C1. The van der Waals surface area contributed by atoms with Crippen LogP contribution in [0.1, 0.15) is 27.2 Å². The number of amides is 1. The molecule has 4 N–H and O–H groups in total. The van der Waals surface area contributed by atoms with Crippen LogP contribution < -0.4 is 10.1 Å². The minimum Gasteiger partial charge on any atom is -0.583 e. The number of rotatable bonds is 7. The van der Waals surface area contributed by atoms with Crippen molar-refractivity contribution in [3.8, 4) is 5.75 Å². The van der Waals surface area contributed by atoms with Gasteiger partial charge in [0.15, 0.2) is 0 Å². The van der Waals surface area contributed by atoms with E-state index in [0.717, 1.165) is 11.3 Å². The maximum Gasteiger partial charge on any atom is 0.339 e. The highest BCUT2D eigenvalue weighted by atomic mass is 16.5. The van der Waals surface area contributed by atoms with E-state index in [9.17, 15) is 24.7 Å². The van der Waals surface area contributed by atoms with Crippen LogP contribution in [0.4, 0.5) is 0 Å². The summed E-state index contributed by atoms with van der Waals surface area (Å²) in [6.45, 7) is -1.32. The molecular weight excluding hydrogens is 405 g/mol. The van der Waals surface area contributed by atoms with Crippen LogP contribution in [-0.2, 0) is 30.6 Å². The van der Waals surface area contributed by atoms with E-state index in [1.165, 1.54) is 4.68 Å². The number of carbonyl (C=O) groups is 2. The number of ether oxygens (including phenoxy) is 1. The highest BCUT2D eigenvalue weighted by Gasteiger charge is 2.35. The standard InChI is InChI=1S/C19H25BN5O6/c1-21-7-13-8-22-23-25(13)11-17(26)24-9-14(10-24)31-16-3-2-12-4-5-20(29,30)6-15(12)18(16)19(27)28/h2-3,8,14,21,29-30H,4-7,9-11H2,1H3,(H,27,28)/q-1. The first-order chi connectivity index (χ1) is 14.8. The van der Waals surface area contributed by atoms with Gasteiger partial charge in [-0.1, -0.05) is 23.3 Å². The van der Waals surface area contributed by atoms with Crippen molar-refractivity contribution in [2.75, 3.05) is 20.1 Å². The quantitative estimate of drug-likeness (QED) is 0.408. The lowest BCUT2D eigenvalue weighted by atomic mass is 9.47. The molecule has 2 aliphatic rings. The molecular formula is C19H25BN5O6-. The van der Waals surface area contributed by atoms with Crippen molar-refractivity contribution in [2.45, 2.75) is 38.3 Å². The Hall–Kier alpha value is -2.96. The Kier molecular flexibility index (Phi) is 5.69. The normalized spacial score (nSPS) is 17.7. The van der Waals surface area contributed by atoms with E-state index in [4.69, 9.17) is 4.74 Å². The van der Waals surface area contributed by atoms with Gasteiger partial charge in [0.05, 0.1) is 25.0 Å². The van der Waals surface area contributed by atoms with Crippen LogP contribution in [0.5, 0.6) is 5.75 Å². The second-order valence-electron chi connectivity index (χ2n) is 8.21. The van der Waals surface area contributed by atoms with Crippen LogP contribution >= 0.6 is 0 Å². The lowest BCUT2D eigenvalue weighted by Gasteiger charge is -2.40. The van der Waals surface area contributed by atoms with E-state index in [2.05, 4.69) is 15.6 Å². The number of hydrogen-bond acceptors (Lipinski definition) is 8. The monoisotopic (exact) mass is 430 g/mol. The number of aryl methyl sites for hydroxylation is 1. The van der Waals surface area contributed by atoms with Crippen molar-refractivity contribution >= 4 is 18.4 Å². The molecule has 0 aliphatic carbocycles. The number of carboxylic acids is 1. The summed E-state index contributed by atoms with van der Waals surface area (Å²) >= 11 is 0. The minimum absolute atomic E-state index is 0.0318. The Labute approximate surface area is 178 Å². The molecule has 0 unspecified atom stereocenters. The third kappa shape index (κ3) is 4.41. The predicted molar refractivity (Wildman–Crippen MR) is 110 cm³/mol. The molecule has 3 heterocycles. The summed E-state index contributed by atoms with van der Waals surface area (Å²) in [6.07, 6.45) is 1.79. The number of fused-ring (bicyclic) bond motifs is 1. The van der Waals surface area contributed by atoms with Gasteiger partial charge in [-0.15, -0.1) is 17.7 Å². The number of carbonyl (C=O) groups excluding carboxylic acids is 1. The summed E-state index contributed by atoms with van der Waals surface area (Å²) in [5.41, 5.74) is 1.98. The van der Waals surface area contributed by atoms with E-state index in [1.54, 1.807) is 30.3 Å². The molecule has 0 atom stereocenters. The maximum absolute atomic E-state index is 12.5. The number of aromatic carboxylic acids is 1. The van der Waals surface area contributed by atoms with Gasteiger partial charge in [0.1, 0.15) is 24.0 Å². The summed E-state index contributed by atoms with van der Waals surface area (Å²) in [6, 6.07) is 3.39. The fourth-order valence-corrected chi connectivity index (χ4v) is 4.14. The maximum atomic E-state index is 12.5. The van der Waals surface area contributed by atoms with Crippen LogP contribution in [0.15, 0.2) is 18.3 Å². The third-order valence-corrected chi connectivity index (χ3v) is 5.83. The first kappa shape index (κ1) is 21.3. The van der Waals surface area contributed by atoms with Crippen molar-refractivity contribution < 1.29 is 29.5 Å². The number of carboxylic acid groups (broad SMARTS) is 1. The molecule has 4 rings (SSSR count). The molecule has 12 heteroatoms. The van der Waals surface area contributed by atoms with Gasteiger partial charge >= 0.3 is 5.97 Å². The predicted octanol–water partition coefficient (Wildman–Crippen LogP) is -0.950. The molecule has 2 aromatic rings. The molecule has 11 nitrogen and oxygen atoms in total. The van der Waals surface area contributed by atoms with E-state index in [-0.39, 0.29) is 42.5 Å². The van der Waals surface area contributed by atoms with Crippen molar-refractivity contribution in [1.29, 1.82) is 0 Å². The molecule has 0 bridgehead atoms. The zero-order valence-electron chi connectivity index (χ0n) is 17.2. The van der Waals surface area contributed by atoms with Crippen molar-refractivity contribution in [1.82, 2.24) is 25.2 Å². The Morgan fingerprint density at radius 3 is 2.81 bits per heavy atom. The molecule has 1 fully saturated rings. The summed E-state index contributed by atoms with van der Waals surface area (Å²) in [5.74, 6) is -1.11. The number of nitrogens with zero attached hydrogens (tertiary/aromatic N) is 4. The zero-order chi connectivity index (χ0) is 22.2. The molecule has 31 heavy (non-hydrogen) atoms. The minimum atomic E-state index is -2.61. The second kappa shape index (κ2) is 8.29. The highest BCUT2D eigenvalue weighted by molar-refractivity contribution is 6.64. The number of nitrogens with one attached hydrogen (secondary N) is 1. The van der Waals surface area contributed by atoms with E-state index >= 15 is 0 Å². The van der Waals surface area contributed by atoms with Crippen molar-refractivity contribution in [2.24, 2.45) is 0 Å². The average Bonchev–Trinajstić information content (AvgIpc) is 3.09. The van der Waals surface area contributed by atoms with Crippen molar-refractivity contribution in [3.63, 3.8) is 0 Å². The van der Waals surface area contributed by atoms with Gasteiger partial charge in [-0.3, -0.25) is 4.79 Å². The van der Waals surface area contributed by atoms with Crippen LogP contribution in [0.25, 0.3) is 0 Å². The fourth-order valence-electron chi connectivity index (χ4n) is 4.14. The zero-order valence-corrected chi connectivity index (χ0v) is 17.2. The Balaban J connectivity index is 1.41. The molecule has 0 radical (unpaired) electrons. The number of aromatic nitrogens is 3. The van der Waals surface area contributed by atoms with E-state index in [0.29, 0.717) is 31.6 Å². The lowest BCUT2D eigenvalue weighted by Crippen LogP contribution is -2.57. The van der Waals surface area contributed by atoms with Gasteiger partial charge in [0.2, 0.25) is 12.5 Å². The number of benzene rings is 1. The van der Waals surface area contributed by atoms with Crippen LogP contribution in [0.2, 0.25) is 6.32 Å². The first-order valence-corrected chi connectivity index (χ1v) is 10.2. The van der Waals surface area contributed by atoms with Crippen LogP contribution in [-0.4, -0.2) is 79.7 Å². The van der Waals surface area contributed by atoms with Crippen LogP contribution in [0.3, 0.4) is 0 Å². The fraction of sp³-hybridized carbons (Fsp3) is 0.474. The van der Waals surface area contributed by atoms with Gasteiger partial charge in [0.25, 0.3) is 0 Å². The second-order valence-corrected chi connectivity index (χ2v) is 8.21. The highest BCUT2D eigenvalue weighted by Crippen LogP contribution is 2.34. The van der Waals surface area contributed by atoms with E-state index in [1.807, 2.05) is 0 Å². The topological polar surface area (TPSA) is 150 Å². The molecule has 0 saturated carbocycles. The van der Waals surface area contributed by atoms with Gasteiger partial charge < -0.3 is 30.1 Å². The molecule has 1 aromatic carbocycles. The number of hydrogen-bond donors (Lipinski definition) is 4. The molecule has 0 spiro atoms. The molecule has 1 aromatic heterocycles. The Morgan fingerprint density at radius 2 is 2.10 bits per heavy atom. The third-order valence-electron chi connectivity index (χ3n) is 5.83. The van der Waals surface area contributed by atoms with Gasteiger partial charge in [0, 0.05) is 6.54 Å². The summed E-state index contributed by atoms with van der Waals surface area (Å²) in [4.78, 5) is 26.0. The van der Waals surface area contributed by atoms with Gasteiger partial charge in [-0.25, -0.2) is 9.48 Å². The summed E-state index contributed by atoms with van der Waals surface area (Å²) in [7, 11) is 1.80. The van der Waals surface area contributed by atoms with Gasteiger partial charge in [-0.2, -0.15) is 0 Å². The van der Waals surface area contributed by atoms with Crippen molar-refractivity contribution in [3.05, 3.63) is 40.7 Å². The molecule has 166 valence electrons. The Morgan fingerprint density at radius 1 is 1.32 bits per heavy atom. The van der Waals surface area contributed by atoms with Crippen LogP contribution in [0, 0.1) is 0 Å². The smallest absolute Gasteiger partial charge is 0.339 e. The first-order valence-electron chi connectivity index (χ1n) is 10.2. The summed E-state index contributed by atoms with van der Waals surface area (Å²) < 4.78 is 7.42. The average molecular weight is 430 g/mol. The Bertz CT molecular complexity index is 1000. The lowest BCUT2D eigenvalue weighted by molar-refractivity contribution is -0.140. The largest absolute Gasteiger partial charge is 0.583 e. The summed E-state index contributed by atoms with van der Waals surface area (Å²) in [5, 5.41) is 40.5. The van der Waals surface area contributed by atoms with E-state index < -0.39 is 12.5 Å². The molecule has 1 saturated heterocycles.